The Kier molecular flexibility index (Phi) is 5.47. The largest absolute Gasteiger partial charge is 0.493 e. The van der Waals surface area contributed by atoms with Crippen LogP contribution in [0.2, 0.25) is 0 Å². The van der Waals surface area contributed by atoms with Gasteiger partial charge in [-0.05, 0) is 31.2 Å². The number of halogens is 2. The van der Waals surface area contributed by atoms with Crippen molar-refractivity contribution < 1.29 is 27.8 Å². The summed E-state index contributed by atoms with van der Waals surface area (Å²) in [5.74, 6) is -1.30. The van der Waals surface area contributed by atoms with Gasteiger partial charge in [0, 0.05) is 5.56 Å². The third kappa shape index (κ3) is 3.87. The molecule has 2 aromatic rings. The highest BCUT2D eigenvalue weighted by molar-refractivity contribution is 6.10. The van der Waals surface area contributed by atoms with Gasteiger partial charge in [0.05, 0.1) is 18.4 Å². The van der Waals surface area contributed by atoms with E-state index in [1.165, 1.54) is 32.2 Å². The van der Waals surface area contributed by atoms with Crippen LogP contribution in [0.1, 0.15) is 27.6 Å². The summed E-state index contributed by atoms with van der Waals surface area (Å²) in [6.07, 6.45) is 0. The first-order valence-corrected chi connectivity index (χ1v) is 6.97. The van der Waals surface area contributed by atoms with Gasteiger partial charge in [0.25, 0.3) is 5.91 Å². The van der Waals surface area contributed by atoms with Crippen molar-refractivity contribution in [3.05, 3.63) is 53.6 Å². The summed E-state index contributed by atoms with van der Waals surface area (Å²) in [6, 6.07) is 10.6. The van der Waals surface area contributed by atoms with E-state index in [9.17, 15) is 18.4 Å². The van der Waals surface area contributed by atoms with Gasteiger partial charge in [0.2, 0.25) is 0 Å². The van der Waals surface area contributed by atoms with Crippen LogP contribution in [0.25, 0.3) is 0 Å². The van der Waals surface area contributed by atoms with Crippen molar-refractivity contribution in [1.82, 2.24) is 0 Å². The maximum atomic E-state index is 12.6. The van der Waals surface area contributed by atoms with Gasteiger partial charge in [-0.1, -0.05) is 18.2 Å². The van der Waals surface area contributed by atoms with Crippen LogP contribution in [0, 0.1) is 0 Å². The lowest BCUT2D eigenvalue weighted by atomic mass is 10.1. The molecule has 0 unspecified atom stereocenters. The van der Waals surface area contributed by atoms with E-state index in [4.69, 9.17) is 4.74 Å². The SMILES string of the molecule is COc1cccc(C(=O)Nc2ccccc2C(C)=O)c1OC(F)F. The number of ketones is 1. The maximum Gasteiger partial charge on any atom is 0.387 e. The number of methoxy groups -OCH3 is 1. The summed E-state index contributed by atoms with van der Waals surface area (Å²) in [5, 5.41) is 2.53. The molecule has 2 rings (SSSR count). The Labute approximate surface area is 137 Å². The van der Waals surface area contributed by atoms with Crippen molar-refractivity contribution in [3.8, 4) is 11.5 Å². The normalized spacial score (nSPS) is 10.4. The number of anilines is 1. The molecule has 126 valence electrons. The molecule has 0 aromatic heterocycles. The first-order chi connectivity index (χ1) is 11.4. The Morgan fingerprint density at radius 2 is 1.71 bits per heavy atom. The van der Waals surface area contributed by atoms with E-state index >= 15 is 0 Å². The standard InChI is InChI=1S/C17H15F2NO4/c1-10(21)11-6-3-4-8-13(11)20-16(22)12-7-5-9-14(23-2)15(12)24-17(18)19/h3-9,17H,1-2H3,(H,20,22). The van der Waals surface area contributed by atoms with E-state index in [-0.39, 0.29) is 28.5 Å². The fraction of sp³-hybridized carbons (Fsp3) is 0.176. The Morgan fingerprint density at radius 1 is 1.04 bits per heavy atom. The molecule has 7 heteroatoms. The summed E-state index contributed by atoms with van der Waals surface area (Å²) in [4.78, 5) is 24.1. The Morgan fingerprint density at radius 3 is 2.33 bits per heavy atom. The summed E-state index contributed by atoms with van der Waals surface area (Å²) >= 11 is 0. The zero-order chi connectivity index (χ0) is 17.7. The van der Waals surface area contributed by atoms with E-state index in [0.29, 0.717) is 5.56 Å². The molecule has 1 N–H and O–H groups in total. The van der Waals surface area contributed by atoms with Crippen molar-refractivity contribution in [2.45, 2.75) is 13.5 Å². The molecule has 0 aliphatic rings. The van der Waals surface area contributed by atoms with Crippen LogP contribution in [0.3, 0.4) is 0 Å². The van der Waals surface area contributed by atoms with Crippen molar-refractivity contribution in [2.24, 2.45) is 0 Å². The zero-order valence-electron chi connectivity index (χ0n) is 13.0. The number of para-hydroxylation sites is 2. The Balaban J connectivity index is 2.39. The van der Waals surface area contributed by atoms with E-state index in [0.717, 1.165) is 0 Å². The number of amides is 1. The third-order valence-electron chi connectivity index (χ3n) is 3.20. The molecule has 0 atom stereocenters. The van der Waals surface area contributed by atoms with E-state index in [1.807, 2.05) is 0 Å². The molecule has 1 amide bonds. The highest BCUT2D eigenvalue weighted by atomic mass is 19.3. The van der Waals surface area contributed by atoms with Gasteiger partial charge >= 0.3 is 6.61 Å². The number of benzene rings is 2. The lowest BCUT2D eigenvalue weighted by molar-refractivity contribution is -0.0515. The maximum absolute atomic E-state index is 12.6. The van der Waals surface area contributed by atoms with Crippen LogP contribution in [0.5, 0.6) is 11.5 Å². The van der Waals surface area contributed by atoms with Crippen molar-refractivity contribution in [1.29, 1.82) is 0 Å². The minimum Gasteiger partial charge on any atom is -0.493 e. The number of Topliss-reactive ketones (excluding diaryl/α,β-unsaturated/α-hetero) is 1. The molecule has 0 radical (unpaired) electrons. The van der Waals surface area contributed by atoms with Crippen LogP contribution >= 0.6 is 0 Å². The summed E-state index contributed by atoms with van der Waals surface area (Å²) in [6.45, 7) is -1.75. The van der Waals surface area contributed by atoms with E-state index < -0.39 is 12.5 Å². The highest BCUT2D eigenvalue weighted by Gasteiger charge is 2.21. The lowest BCUT2D eigenvalue weighted by Gasteiger charge is -2.15. The van der Waals surface area contributed by atoms with Gasteiger partial charge in [0.1, 0.15) is 0 Å². The predicted octanol–water partition coefficient (Wildman–Crippen LogP) is 3.75. The molecule has 0 saturated heterocycles. The molecule has 2 aromatic carbocycles. The first kappa shape index (κ1) is 17.4. The number of rotatable bonds is 6. The summed E-state index contributed by atoms with van der Waals surface area (Å²) < 4.78 is 34.6. The third-order valence-corrected chi connectivity index (χ3v) is 3.20. The van der Waals surface area contributed by atoms with Crippen LogP contribution in [-0.4, -0.2) is 25.4 Å². The van der Waals surface area contributed by atoms with E-state index in [1.54, 1.807) is 24.3 Å². The first-order valence-electron chi connectivity index (χ1n) is 6.97. The number of ether oxygens (including phenoxy) is 2. The average molecular weight is 335 g/mol. The minimum absolute atomic E-state index is 0.00260. The summed E-state index contributed by atoms with van der Waals surface area (Å²) in [7, 11) is 1.28. The van der Waals surface area contributed by atoms with Crippen molar-refractivity contribution in [2.75, 3.05) is 12.4 Å². The predicted molar refractivity (Wildman–Crippen MR) is 84.0 cm³/mol. The number of nitrogens with one attached hydrogen (secondary N) is 1. The van der Waals surface area contributed by atoms with E-state index in [2.05, 4.69) is 10.1 Å². The summed E-state index contributed by atoms with van der Waals surface area (Å²) in [5.41, 5.74) is 0.457. The van der Waals surface area contributed by atoms with Crippen molar-refractivity contribution in [3.63, 3.8) is 0 Å². The fourth-order valence-corrected chi connectivity index (χ4v) is 2.15. The molecule has 0 aliphatic heterocycles. The van der Waals surface area contributed by atoms with Gasteiger partial charge in [-0.3, -0.25) is 9.59 Å². The molecule has 5 nitrogen and oxygen atoms in total. The molecular weight excluding hydrogens is 320 g/mol. The Hall–Kier alpha value is -2.96. The second-order valence-corrected chi connectivity index (χ2v) is 4.77. The molecule has 0 bridgehead atoms. The second-order valence-electron chi connectivity index (χ2n) is 4.77. The molecule has 0 spiro atoms. The molecule has 0 heterocycles. The smallest absolute Gasteiger partial charge is 0.387 e. The van der Waals surface area contributed by atoms with Gasteiger partial charge in [-0.2, -0.15) is 8.78 Å². The number of hydrogen-bond donors (Lipinski definition) is 1. The number of hydrogen-bond acceptors (Lipinski definition) is 4. The van der Waals surface area contributed by atoms with Crippen LogP contribution in [-0.2, 0) is 0 Å². The average Bonchev–Trinajstić information content (AvgIpc) is 2.54. The van der Waals surface area contributed by atoms with Crippen LogP contribution < -0.4 is 14.8 Å². The molecular formula is C17H15F2NO4. The van der Waals surface area contributed by atoms with Crippen LogP contribution in [0.4, 0.5) is 14.5 Å². The Bertz CT molecular complexity index is 762. The number of carbonyl (C=O) groups excluding carboxylic acids is 2. The van der Waals surface area contributed by atoms with Crippen LogP contribution in [0.15, 0.2) is 42.5 Å². The fourth-order valence-electron chi connectivity index (χ4n) is 2.15. The molecule has 0 aliphatic carbocycles. The lowest BCUT2D eigenvalue weighted by Crippen LogP contribution is -2.17. The number of alkyl halides is 2. The molecule has 0 saturated carbocycles. The number of carbonyl (C=O) groups is 2. The highest BCUT2D eigenvalue weighted by Crippen LogP contribution is 2.33. The van der Waals surface area contributed by atoms with Gasteiger partial charge < -0.3 is 14.8 Å². The second kappa shape index (κ2) is 7.54. The van der Waals surface area contributed by atoms with Gasteiger partial charge in [-0.15, -0.1) is 0 Å². The minimum atomic E-state index is -3.11. The monoisotopic (exact) mass is 335 g/mol. The molecule has 0 fully saturated rings. The van der Waals surface area contributed by atoms with Gasteiger partial charge in [0.15, 0.2) is 17.3 Å². The topological polar surface area (TPSA) is 64.6 Å². The zero-order valence-corrected chi connectivity index (χ0v) is 13.0. The van der Waals surface area contributed by atoms with Crippen molar-refractivity contribution >= 4 is 17.4 Å². The van der Waals surface area contributed by atoms with Gasteiger partial charge in [-0.25, -0.2) is 0 Å². The quantitative estimate of drug-likeness (QED) is 0.817. The molecule has 24 heavy (non-hydrogen) atoms.